The van der Waals surface area contributed by atoms with Crippen molar-refractivity contribution in [3.63, 3.8) is 0 Å². The molecule has 3 heteroatoms. The standard InChI is InChI=1S/C15H23NO2/c1-11-4-5-14(12(2)8-11)15(17)9-16(3)13-6-7-18-10-13/h4-5,8,13,15,17H,6-7,9-10H2,1-3H3. The minimum absolute atomic E-state index is 0.420. The third-order valence-electron chi connectivity index (χ3n) is 3.77. The molecule has 2 atom stereocenters. The van der Waals surface area contributed by atoms with Crippen LogP contribution in [-0.2, 0) is 4.74 Å². The highest BCUT2D eigenvalue weighted by atomic mass is 16.5. The molecule has 1 aromatic carbocycles. The van der Waals surface area contributed by atoms with Crippen LogP contribution >= 0.6 is 0 Å². The molecule has 2 rings (SSSR count). The van der Waals surface area contributed by atoms with Crippen LogP contribution in [0.2, 0.25) is 0 Å². The van der Waals surface area contributed by atoms with Gasteiger partial charge in [-0.05, 0) is 38.4 Å². The van der Waals surface area contributed by atoms with E-state index in [0.29, 0.717) is 12.6 Å². The van der Waals surface area contributed by atoms with Crippen LogP contribution in [0.4, 0.5) is 0 Å². The molecule has 3 nitrogen and oxygen atoms in total. The van der Waals surface area contributed by atoms with Crippen molar-refractivity contribution in [1.82, 2.24) is 4.90 Å². The highest BCUT2D eigenvalue weighted by Gasteiger charge is 2.23. The molecule has 0 bridgehead atoms. The molecule has 1 aliphatic heterocycles. The average molecular weight is 249 g/mol. The summed E-state index contributed by atoms with van der Waals surface area (Å²) in [6.07, 6.45) is 0.645. The third kappa shape index (κ3) is 3.10. The molecule has 0 aliphatic carbocycles. The highest BCUT2D eigenvalue weighted by molar-refractivity contribution is 5.32. The van der Waals surface area contributed by atoms with Crippen molar-refractivity contribution in [1.29, 1.82) is 0 Å². The van der Waals surface area contributed by atoms with Crippen molar-refractivity contribution in [2.24, 2.45) is 0 Å². The Labute approximate surface area is 109 Å². The Balaban J connectivity index is 2.00. The fraction of sp³-hybridized carbons (Fsp3) is 0.600. The molecular weight excluding hydrogens is 226 g/mol. The summed E-state index contributed by atoms with van der Waals surface area (Å²) in [6.45, 7) is 6.43. The van der Waals surface area contributed by atoms with E-state index in [4.69, 9.17) is 4.74 Å². The van der Waals surface area contributed by atoms with Gasteiger partial charge in [0.15, 0.2) is 0 Å². The fourth-order valence-electron chi connectivity index (χ4n) is 2.59. The number of hydrogen-bond acceptors (Lipinski definition) is 3. The Kier molecular flexibility index (Phi) is 4.38. The molecule has 1 N–H and O–H groups in total. The van der Waals surface area contributed by atoms with E-state index in [2.05, 4.69) is 37.9 Å². The SMILES string of the molecule is Cc1ccc(C(O)CN(C)C2CCOC2)c(C)c1. The van der Waals surface area contributed by atoms with E-state index in [1.165, 1.54) is 11.1 Å². The summed E-state index contributed by atoms with van der Waals surface area (Å²) in [6, 6.07) is 6.67. The first-order valence-corrected chi connectivity index (χ1v) is 6.61. The monoisotopic (exact) mass is 249 g/mol. The number of benzene rings is 1. The van der Waals surface area contributed by atoms with E-state index in [-0.39, 0.29) is 0 Å². The van der Waals surface area contributed by atoms with Crippen LogP contribution in [0.15, 0.2) is 18.2 Å². The number of aliphatic hydroxyl groups is 1. The van der Waals surface area contributed by atoms with Gasteiger partial charge >= 0.3 is 0 Å². The van der Waals surface area contributed by atoms with Crippen LogP contribution in [0.3, 0.4) is 0 Å². The molecule has 0 saturated carbocycles. The van der Waals surface area contributed by atoms with E-state index in [1.54, 1.807) is 0 Å². The topological polar surface area (TPSA) is 32.7 Å². The van der Waals surface area contributed by atoms with Gasteiger partial charge in [-0.25, -0.2) is 0 Å². The van der Waals surface area contributed by atoms with Gasteiger partial charge in [-0.15, -0.1) is 0 Å². The summed E-state index contributed by atoms with van der Waals surface area (Å²) in [5.74, 6) is 0. The van der Waals surface area contributed by atoms with E-state index < -0.39 is 6.10 Å². The zero-order valence-electron chi connectivity index (χ0n) is 11.5. The number of rotatable bonds is 4. The number of aliphatic hydroxyl groups excluding tert-OH is 1. The van der Waals surface area contributed by atoms with E-state index >= 15 is 0 Å². The van der Waals surface area contributed by atoms with Crippen molar-refractivity contribution in [2.45, 2.75) is 32.4 Å². The zero-order chi connectivity index (χ0) is 13.1. The minimum atomic E-state index is -0.420. The molecule has 2 unspecified atom stereocenters. The Morgan fingerprint density at radius 3 is 2.83 bits per heavy atom. The highest BCUT2D eigenvalue weighted by Crippen LogP contribution is 2.21. The Hall–Kier alpha value is -0.900. The largest absolute Gasteiger partial charge is 0.387 e. The van der Waals surface area contributed by atoms with Gasteiger partial charge < -0.3 is 9.84 Å². The Morgan fingerprint density at radius 1 is 1.44 bits per heavy atom. The molecule has 0 spiro atoms. The number of likely N-dealkylation sites (N-methyl/N-ethyl adjacent to an activating group) is 1. The quantitative estimate of drug-likeness (QED) is 0.886. The van der Waals surface area contributed by atoms with E-state index in [0.717, 1.165) is 25.2 Å². The van der Waals surface area contributed by atoms with Gasteiger partial charge in [-0.3, -0.25) is 4.90 Å². The zero-order valence-corrected chi connectivity index (χ0v) is 11.5. The molecule has 1 fully saturated rings. The molecule has 1 saturated heterocycles. The molecule has 0 amide bonds. The van der Waals surface area contributed by atoms with Crippen LogP contribution < -0.4 is 0 Å². The van der Waals surface area contributed by atoms with Gasteiger partial charge in [0.1, 0.15) is 0 Å². The number of nitrogens with zero attached hydrogens (tertiary/aromatic N) is 1. The van der Waals surface area contributed by atoms with Crippen LogP contribution in [0.1, 0.15) is 29.2 Å². The fourth-order valence-corrected chi connectivity index (χ4v) is 2.59. The van der Waals surface area contributed by atoms with Gasteiger partial charge in [-0.2, -0.15) is 0 Å². The molecule has 18 heavy (non-hydrogen) atoms. The van der Waals surface area contributed by atoms with Crippen molar-refractivity contribution < 1.29 is 9.84 Å². The second-order valence-electron chi connectivity index (χ2n) is 5.33. The molecular formula is C15H23NO2. The lowest BCUT2D eigenvalue weighted by Gasteiger charge is -2.26. The number of aryl methyl sites for hydroxylation is 2. The molecule has 1 heterocycles. The van der Waals surface area contributed by atoms with Crippen molar-refractivity contribution >= 4 is 0 Å². The van der Waals surface area contributed by atoms with Gasteiger partial charge in [0, 0.05) is 19.2 Å². The molecule has 0 aromatic heterocycles. The van der Waals surface area contributed by atoms with Crippen LogP contribution in [-0.4, -0.2) is 42.9 Å². The summed E-state index contributed by atoms with van der Waals surface area (Å²) >= 11 is 0. The smallest absolute Gasteiger partial charge is 0.0919 e. The van der Waals surface area contributed by atoms with E-state index in [1.807, 2.05) is 6.07 Å². The lowest BCUT2D eigenvalue weighted by molar-refractivity contribution is 0.0946. The summed E-state index contributed by atoms with van der Waals surface area (Å²) in [7, 11) is 2.06. The van der Waals surface area contributed by atoms with Crippen molar-refractivity contribution in [3.8, 4) is 0 Å². The second-order valence-corrected chi connectivity index (χ2v) is 5.33. The Bertz CT molecular complexity index is 399. The number of ether oxygens (including phenoxy) is 1. The first-order chi connectivity index (χ1) is 8.58. The van der Waals surface area contributed by atoms with Crippen molar-refractivity contribution in [2.75, 3.05) is 26.8 Å². The lowest BCUT2D eigenvalue weighted by Crippen LogP contribution is -2.35. The van der Waals surface area contributed by atoms with Crippen LogP contribution in [0.5, 0.6) is 0 Å². The van der Waals surface area contributed by atoms with Gasteiger partial charge in [-0.1, -0.05) is 23.8 Å². The number of hydrogen-bond donors (Lipinski definition) is 1. The average Bonchev–Trinajstić information content (AvgIpc) is 2.81. The maximum Gasteiger partial charge on any atom is 0.0919 e. The van der Waals surface area contributed by atoms with Gasteiger partial charge in [0.05, 0.1) is 12.7 Å². The summed E-state index contributed by atoms with van der Waals surface area (Å²) in [5, 5.41) is 10.3. The second kappa shape index (κ2) is 5.83. The normalized spacial score (nSPS) is 21.5. The molecule has 1 aliphatic rings. The van der Waals surface area contributed by atoms with Gasteiger partial charge in [0.2, 0.25) is 0 Å². The third-order valence-corrected chi connectivity index (χ3v) is 3.77. The lowest BCUT2D eigenvalue weighted by atomic mass is 10.0. The summed E-state index contributed by atoms with van der Waals surface area (Å²) < 4.78 is 5.38. The first-order valence-electron chi connectivity index (χ1n) is 6.61. The maximum absolute atomic E-state index is 10.3. The predicted molar refractivity (Wildman–Crippen MR) is 72.7 cm³/mol. The first kappa shape index (κ1) is 13.5. The molecule has 1 aromatic rings. The Morgan fingerprint density at radius 2 is 2.22 bits per heavy atom. The predicted octanol–water partition coefficient (Wildman–Crippen LogP) is 2.06. The van der Waals surface area contributed by atoms with Crippen LogP contribution in [0, 0.1) is 13.8 Å². The molecule has 100 valence electrons. The van der Waals surface area contributed by atoms with Gasteiger partial charge in [0.25, 0.3) is 0 Å². The maximum atomic E-state index is 10.3. The van der Waals surface area contributed by atoms with Crippen molar-refractivity contribution in [3.05, 3.63) is 34.9 Å². The minimum Gasteiger partial charge on any atom is -0.387 e. The summed E-state index contributed by atoms with van der Waals surface area (Å²) in [5.41, 5.74) is 3.44. The summed E-state index contributed by atoms with van der Waals surface area (Å²) in [4.78, 5) is 2.21. The van der Waals surface area contributed by atoms with E-state index in [9.17, 15) is 5.11 Å². The molecule has 0 radical (unpaired) electrons. The van der Waals surface area contributed by atoms with Crippen LogP contribution in [0.25, 0.3) is 0 Å².